The average Bonchev–Trinajstić information content (AvgIpc) is 3.77. The number of nitrogens with one attached hydrogen (secondary N) is 1. The Morgan fingerprint density at radius 1 is 0.927 bits per heavy atom. The van der Waals surface area contributed by atoms with E-state index in [1.165, 1.54) is 17.5 Å². The molecule has 0 fully saturated rings. The van der Waals surface area contributed by atoms with Crippen LogP contribution in [-0.4, -0.2) is 47.2 Å². The van der Waals surface area contributed by atoms with Gasteiger partial charge in [0, 0.05) is 43.2 Å². The molecule has 0 spiro atoms. The highest BCUT2D eigenvalue weighted by molar-refractivity contribution is 5.83. The van der Waals surface area contributed by atoms with E-state index in [0.29, 0.717) is 12.2 Å². The molecule has 3 N–H and O–H groups in total. The number of fused-ring (bicyclic) bond motifs is 2. The first kappa shape index (κ1) is 25.9. The fourth-order valence-corrected chi connectivity index (χ4v) is 4.96. The Morgan fingerprint density at radius 2 is 1.80 bits per heavy atom. The summed E-state index contributed by atoms with van der Waals surface area (Å²) < 4.78 is 3.83. The van der Waals surface area contributed by atoms with E-state index in [0.717, 1.165) is 52.6 Å². The van der Waals surface area contributed by atoms with Crippen LogP contribution in [0.4, 0.5) is 5.82 Å². The molecule has 41 heavy (non-hydrogen) atoms. The lowest BCUT2D eigenvalue weighted by molar-refractivity contribution is -0.120. The number of anilines is 1. The summed E-state index contributed by atoms with van der Waals surface area (Å²) in [6.45, 7) is 0. The zero-order valence-electron chi connectivity index (χ0n) is 22.6. The van der Waals surface area contributed by atoms with Crippen LogP contribution in [0.2, 0.25) is 0 Å². The number of nitrogens with zero attached hydrogens (tertiary/aromatic N) is 7. The smallest absolute Gasteiger partial charge is 0.225 e. The van der Waals surface area contributed by atoms with Crippen molar-refractivity contribution in [3.8, 4) is 22.9 Å². The second kappa shape index (κ2) is 11.4. The van der Waals surface area contributed by atoms with E-state index in [1.54, 1.807) is 30.3 Å². The van der Waals surface area contributed by atoms with Gasteiger partial charge in [-0.25, -0.2) is 19.6 Å². The molecule has 1 aliphatic rings. The van der Waals surface area contributed by atoms with Gasteiger partial charge in [-0.05, 0) is 85.0 Å². The van der Waals surface area contributed by atoms with Gasteiger partial charge in [-0.15, -0.1) is 0 Å². The van der Waals surface area contributed by atoms with E-state index in [4.69, 9.17) is 15.7 Å². The number of likely N-dealkylation sites (N-methyl/N-ethyl adjacent to an activating group) is 1. The van der Waals surface area contributed by atoms with Crippen LogP contribution in [0, 0.1) is 0 Å². The molecule has 0 unspecified atom stereocenters. The molecule has 0 saturated carbocycles. The third-order valence-corrected chi connectivity index (χ3v) is 7.00. The molecule has 0 radical (unpaired) electrons. The molecule has 7 rings (SSSR count). The van der Waals surface area contributed by atoms with E-state index in [1.807, 2.05) is 54.7 Å². The minimum absolute atomic E-state index is 0.0105. The molecule has 0 aliphatic heterocycles. The number of benzene rings is 1. The second-order valence-corrected chi connectivity index (χ2v) is 9.65. The summed E-state index contributed by atoms with van der Waals surface area (Å²) in [5, 5.41) is 6.85. The second-order valence-electron chi connectivity index (χ2n) is 9.65. The highest BCUT2D eigenvalue weighted by atomic mass is 16.1. The summed E-state index contributed by atoms with van der Waals surface area (Å²) in [7, 11) is 1.62. The van der Waals surface area contributed by atoms with Gasteiger partial charge in [0.15, 0.2) is 17.3 Å². The normalized spacial score (nSPS) is 12.0. The molecule has 0 bridgehead atoms. The molecule has 10 heteroatoms. The van der Waals surface area contributed by atoms with Crippen molar-refractivity contribution in [1.29, 1.82) is 0 Å². The van der Waals surface area contributed by atoms with Gasteiger partial charge in [0.2, 0.25) is 5.91 Å². The van der Waals surface area contributed by atoms with Crippen molar-refractivity contribution in [1.82, 2.24) is 39.6 Å². The number of imidazole rings is 1. The van der Waals surface area contributed by atoms with Gasteiger partial charge < -0.3 is 11.1 Å². The Labute approximate surface area is 236 Å². The van der Waals surface area contributed by atoms with Crippen LogP contribution in [0.25, 0.3) is 34.1 Å². The van der Waals surface area contributed by atoms with Crippen LogP contribution < -0.4 is 11.1 Å². The lowest BCUT2D eigenvalue weighted by atomic mass is 10.1. The molecule has 10 nitrogen and oxygen atoms in total. The van der Waals surface area contributed by atoms with Crippen molar-refractivity contribution in [3.63, 3.8) is 0 Å². The Bertz CT molecular complexity index is 1810. The molecular weight excluding hydrogens is 514 g/mol. The third kappa shape index (κ3) is 5.40. The van der Waals surface area contributed by atoms with Gasteiger partial charge in [-0.2, -0.15) is 5.10 Å². The number of nitrogens with two attached hydrogens (primary N) is 1. The van der Waals surface area contributed by atoms with Gasteiger partial charge in [-0.3, -0.25) is 14.3 Å². The van der Waals surface area contributed by atoms with Crippen LogP contribution in [0.1, 0.15) is 23.2 Å². The monoisotopic (exact) mass is 543 g/mol. The number of hydrogen-bond acceptors (Lipinski definition) is 7. The van der Waals surface area contributed by atoms with Crippen molar-refractivity contribution < 1.29 is 4.79 Å². The maximum absolute atomic E-state index is 10.8. The van der Waals surface area contributed by atoms with Crippen molar-refractivity contribution in [3.05, 3.63) is 108 Å². The van der Waals surface area contributed by atoms with E-state index in [2.05, 4.69) is 43.1 Å². The molecule has 6 aromatic rings. The number of rotatable bonds is 5. The largest absolute Gasteiger partial charge is 0.383 e. The van der Waals surface area contributed by atoms with E-state index < -0.39 is 0 Å². The lowest BCUT2D eigenvalue weighted by Crippen LogP contribution is -2.20. The minimum atomic E-state index is -0.0105. The van der Waals surface area contributed by atoms with Gasteiger partial charge in [0.1, 0.15) is 11.3 Å². The molecule has 0 atom stereocenters. The topological polar surface area (TPSA) is 129 Å². The van der Waals surface area contributed by atoms with E-state index in [-0.39, 0.29) is 5.91 Å². The maximum atomic E-state index is 10.8. The van der Waals surface area contributed by atoms with Crippen molar-refractivity contribution >= 4 is 22.9 Å². The Morgan fingerprint density at radius 3 is 2.59 bits per heavy atom. The summed E-state index contributed by atoms with van der Waals surface area (Å²) in [6.07, 6.45) is 10.8. The number of aromatic nitrogens is 7. The molecule has 204 valence electrons. The van der Waals surface area contributed by atoms with E-state index in [9.17, 15) is 4.79 Å². The number of pyridine rings is 3. The molecule has 1 amide bonds. The number of aryl methyl sites for hydroxylation is 2. The highest BCUT2D eigenvalue weighted by Crippen LogP contribution is 2.32. The van der Waals surface area contributed by atoms with Gasteiger partial charge in [0.25, 0.3) is 0 Å². The zero-order chi connectivity index (χ0) is 28.2. The van der Waals surface area contributed by atoms with Crippen molar-refractivity contribution in [2.45, 2.75) is 25.7 Å². The number of carbonyl (C=O) groups is 1. The third-order valence-electron chi connectivity index (χ3n) is 7.00. The molecule has 1 aromatic carbocycles. The van der Waals surface area contributed by atoms with Crippen LogP contribution in [-0.2, 0) is 24.1 Å². The first-order chi connectivity index (χ1) is 20.1. The van der Waals surface area contributed by atoms with Gasteiger partial charge >= 0.3 is 0 Å². The lowest BCUT2D eigenvalue weighted by Gasteiger charge is -2.12. The minimum Gasteiger partial charge on any atom is -0.383 e. The van der Waals surface area contributed by atoms with Gasteiger partial charge in [-0.1, -0.05) is 12.1 Å². The van der Waals surface area contributed by atoms with Crippen molar-refractivity contribution in [2.75, 3.05) is 12.8 Å². The Balaban J connectivity index is 0.000000233. The standard InChI is InChI=1S/C23H19N7.C8H10N2O/c24-21-18(6-2-11-25-21)22-27-19-9-10-20(29-13-3-12-26-29)28-23(19)30(22)17-8-7-15-4-1-5-16(15)14-17;1-9-8(11)6-7-4-2-3-5-10-7/h2-3,6-14H,1,4-5H2,(H2,24,25);2-5H,6H2,1H3,(H,9,11). The first-order valence-electron chi connectivity index (χ1n) is 13.4. The maximum Gasteiger partial charge on any atom is 0.225 e. The van der Waals surface area contributed by atoms with Crippen LogP contribution in [0.3, 0.4) is 0 Å². The molecule has 0 saturated heterocycles. The fourth-order valence-electron chi connectivity index (χ4n) is 4.96. The first-order valence-corrected chi connectivity index (χ1v) is 13.4. The summed E-state index contributed by atoms with van der Waals surface area (Å²) in [5.74, 6) is 1.91. The summed E-state index contributed by atoms with van der Waals surface area (Å²) in [6, 6.07) is 21.7. The summed E-state index contributed by atoms with van der Waals surface area (Å²) in [4.78, 5) is 28.9. The predicted molar refractivity (Wildman–Crippen MR) is 158 cm³/mol. The van der Waals surface area contributed by atoms with Gasteiger partial charge in [0.05, 0.1) is 12.0 Å². The Hall–Kier alpha value is -5.38. The van der Waals surface area contributed by atoms with Crippen LogP contribution in [0.5, 0.6) is 0 Å². The molecule has 1 aliphatic carbocycles. The molecule has 5 heterocycles. The summed E-state index contributed by atoms with van der Waals surface area (Å²) in [5.41, 5.74) is 13.2. The zero-order valence-corrected chi connectivity index (χ0v) is 22.6. The number of amides is 1. The molecular formula is C31H29N9O. The summed E-state index contributed by atoms with van der Waals surface area (Å²) >= 11 is 0. The SMILES string of the molecule is CNC(=O)Cc1ccccn1.Nc1ncccc1-c1nc2ccc(-n3cccn3)nc2n1-c1ccc2c(c1)CCC2. The quantitative estimate of drug-likeness (QED) is 0.335. The van der Waals surface area contributed by atoms with Crippen LogP contribution >= 0.6 is 0 Å². The van der Waals surface area contributed by atoms with Crippen LogP contribution in [0.15, 0.2) is 91.5 Å². The number of carbonyl (C=O) groups excluding carboxylic acids is 1. The number of nitrogen functional groups attached to an aromatic ring is 1. The predicted octanol–water partition coefficient (Wildman–Crippen LogP) is 4.11. The van der Waals surface area contributed by atoms with E-state index >= 15 is 0 Å². The average molecular weight is 544 g/mol. The number of hydrogen-bond donors (Lipinski definition) is 2. The molecule has 5 aromatic heterocycles. The highest BCUT2D eigenvalue weighted by Gasteiger charge is 2.20. The Kier molecular flexibility index (Phi) is 7.19. The van der Waals surface area contributed by atoms with Crippen molar-refractivity contribution in [2.24, 2.45) is 0 Å². The fraction of sp³-hybridized carbons (Fsp3) is 0.161.